The van der Waals surface area contributed by atoms with Crippen molar-refractivity contribution in [2.45, 2.75) is 6.04 Å². The minimum atomic E-state index is -1.25. The van der Waals surface area contributed by atoms with Crippen LogP contribution in [0.15, 0.2) is 18.2 Å². The fourth-order valence-corrected chi connectivity index (χ4v) is 1.55. The summed E-state index contributed by atoms with van der Waals surface area (Å²) in [7, 11) is 2.53. The maximum absolute atomic E-state index is 11.9. The Morgan fingerprint density at radius 2 is 2.10 bits per heavy atom. The Kier molecular flexibility index (Phi) is 5.61. The number of benzene rings is 1. The molecule has 21 heavy (non-hydrogen) atoms. The first-order valence-electron chi connectivity index (χ1n) is 5.75. The maximum Gasteiger partial charge on any atom is 0.328 e. The number of carbonyl (C=O) groups excluding carboxylic acids is 1. The summed E-state index contributed by atoms with van der Waals surface area (Å²) in [6, 6.07) is 2.27. The molecule has 2 N–H and O–H groups in total. The van der Waals surface area contributed by atoms with Gasteiger partial charge in [0.25, 0.3) is 5.91 Å². The molecule has 0 saturated carbocycles. The van der Waals surface area contributed by atoms with Gasteiger partial charge in [0.2, 0.25) is 0 Å². The molecule has 1 aromatic carbocycles. The zero-order valence-corrected chi connectivity index (χ0v) is 11.4. The van der Waals surface area contributed by atoms with Gasteiger partial charge in [0.15, 0.2) is 11.8 Å². The molecule has 0 fully saturated rings. The van der Waals surface area contributed by atoms with Gasteiger partial charge in [-0.25, -0.2) is 4.79 Å². The molecule has 0 saturated heterocycles. The normalized spacial score (nSPS) is 11.5. The molecule has 1 aromatic rings. The molecule has 0 aliphatic carbocycles. The first-order valence-corrected chi connectivity index (χ1v) is 5.75. The van der Waals surface area contributed by atoms with Crippen LogP contribution in [0.2, 0.25) is 0 Å². The lowest BCUT2D eigenvalue weighted by molar-refractivity contribution is -0.385. The third-order valence-corrected chi connectivity index (χ3v) is 2.58. The summed E-state index contributed by atoms with van der Waals surface area (Å²) in [4.78, 5) is 32.9. The number of nitro benzene ring substituents is 1. The molecule has 0 aliphatic heterocycles. The second-order valence-electron chi connectivity index (χ2n) is 3.96. The minimum Gasteiger partial charge on any atom is -0.490 e. The smallest absolute Gasteiger partial charge is 0.328 e. The molecule has 0 heterocycles. The van der Waals surface area contributed by atoms with E-state index in [2.05, 4.69) is 10.1 Å². The van der Waals surface area contributed by atoms with Gasteiger partial charge in [-0.15, -0.1) is 0 Å². The summed E-state index contributed by atoms with van der Waals surface area (Å²) in [6.07, 6.45) is 0. The number of ether oxygens (including phenoxy) is 2. The average molecular weight is 298 g/mol. The topological polar surface area (TPSA) is 128 Å². The van der Waals surface area contributed by atoms with Gasteiger partial charge < -0.3 is 19.9 Å². The first kappa shape index (κ1) is 16.4. The summed E-state index contributed by atoms with van der Waals surface area (Å²) in [5.74, 6) is -2.04. The SMILES string of the molecule is COC[C@H](NC(=O)c1ccc([N+](=O)[O-])c(OC)c1)C(=O)O. The van der Waals surface area contributed by atoms with Gasteiger partial charge in [-0.05, 0) is 6.07 Å². The van der Waals surface area contributed by atoms with Gasteiger partial charge in [0.1, 0.15) is 0 Å². The number of methoxy groups -OCH3 is 2. The second kappa shape index (κ2) is 7.20. The molecule has 0 radical (unpaired) electrons. The van der Waals surface area contributed by atoms with E-state index in [0.717, 1.165) is 6.07 Å². The number of nitrogens with zero attached hydrogens (tertiary/aromatic N) is 1. The van der Waals surface area contributed by atoms with Crippen molar-refractivity contribution in [1.82, 2.24) is 5.32 Å². The summed E-state index contributed by atoms with van der Waals surface area (Å²) in [6.45, 7) is -0.203. The quantitative estimate of drug-likeness (QED) is 0.551. The van der Waals surface area contributed by atoms with E-state index in [4.69, 9.17) is 9.84 Å². The van der Waals surface area contributed by atoms with Gasteiger partial charge in [0, 0.05) is 24.8 Å². The van der Waals surface area contributed by atoms with Crippen LogP contribution in [0.25, 0.3) is 0 Å². The van der Waals surface area contributed by atoms with Crippen LogP contribution in [0.4, 0.5) is 5.69 Å². The van der Waals surface area contributed by atoms with Crippen LogP contribution < -0.4 is 10.1 Å². The Balaban J connectivity index is 2.97. The highest BCUT2D eigenvalue weighted by Gasteiger charge is 2.22. The predicted octanol–water partition coefficient (Wildman–Crippen LogP) is 0.433. The number of aliphatic carboxylic acids is 1. The van der Waals surface area contributed by atoms with Crippen LogP contribution in [0, 0.1) is 10.1 Å². The molecule has 0 aliphatic rings. The van der Waals surface area contributed by atoms with Crippen molar-refractivity contribution >= 4 is 17.6 Å². The van der Waals surface area contributed by atoms with E-state index in [1.54, 1.807) is 0 Å². The van der Waals surface area contributed by atoms with E-state index in [1.165, 1.54) is 26.4 Å². The van der Waals surface area contributed by atoms with E-state index in [-0.39, 0.29) is 23.6 Å². The number of amides is 1. The van der Waals surface area contributed by atoms with Crippen molar-refractivity contribution < 1.29 is 29.1 Å². The number of nitrogens with one attached hydrogen (secondary N) is 1. The third kappa shape index (κ3) is 4.14. The molecule has 1 rings (SSSR count). The van der Waals surface area contributed by atoms with E-state index < -0.39 is 22.8 Å². The van der Waals surface area contributed by atoms with Crippen LogP contribution in [-0.2, 0) is 9.53 Å². The van der Waals surface area contributed by atoms with Gasteiger partial charge in [0.05, 0.1) is 18.6 Å². The lowest BCUT2D eigenvalue weighted by Gasteiger charge is -2.13. The van der Waals surface area contributed by atoms with Crippen molar-refractivity contribution in [2.75, 3.05) is 20.8 Å². The maximum atomic E-state index is 11.9. The molecule has 1 atom stereocenters. The lowest BCUT2D eigenvalue weighted by atomic mass is 10.1. The summed E-state index contributed by atoms with van der Waals surface area (Å²) in [5, 5.41) is 21.9. The highest BCUT2D eigenvalue weighted by molar-refractivity contribution is 5.97. The molecule has 0 unspecified atom stereocenters. The average Bonchev–Trinajstić information content (AvgIpc) is 2.45. The molecule has 0 aromatic heterocycles. The van der Waals surface area contributed by atoms with E-state index in [9.17, 15) is 19.7 Å². The van der Waals surface area contributed by atoms with Gasteiger partial charge >= 0.3 is 11.7 Å². The highest BCUT2D eigenvalue weighted by atomic mass is 16.6. The molecule has 1 amide bonds. The predicted molar refractivity (Wildman–Crippen MR) is 70.4 cm³/mol. The number of hydrogen-bond donors (Lipinski definition) is 2. The van der Waals surface area contributed by atoms with Gasteiger partial charge in [-0.3, -0.25) is 14.9 Å². The van der Waals surface area contributed by atoms with Crippen LogP contribution in [0.3, 0.4) is 0 Å². The van der Waals surface area contributed by atoms with Crippen molar-refractivity contribution in [2.24, 2.45) is 0 Å². The van der Waals surface area contributed by atoms with E-state index in [1.807, 2.05) is 0 Å². The highest BCUT2D eigenvalue weighted by Crippen LogP contribution is 2.27. The van der Waals surface area contributed by atoms with Crippen LogP contribution >= 0.6 is 0 Å². The van der Waals surface area contributed by atoms with Gasteiger partial charge in [-0.2, -0.15) is 0 Å². The van der Waals surface area contributed by atoms with Crippen LogP contribution in [-0.4, -0.2) is 48.8 Å². The number of hydrogen-bond acceptors (Lipinski definition) is 6. The van der Waals surface area contributed by atoms with Crippen molar-refractivity contribution in [1.29, 1.82) is 0 Å². The van der Waals surface area contributed by atoms with Crippen molar-refractivity contribution in [3.8, 4) is 5.75 Å². The lowest BCUT2D eigenvalue weighted by Crippen LogP contribution is -2.43. The summed E-state index contributed by atoms with van der Waals surface area (Å²) >= 11 is 0. The number of rotatable bonds is 7. The Bertz CT molecular complexity index is 559. The molecule has 0 spiro atoms. The monoisotopic (exact) mass is 298 g/mol. The Morgan fingerprint density at radius 1 is 1.43 bits per heavy atom. The molecule has 9 nitrogen and oxygen atoms in total. The fraction of sp³-hybridized carbons (Fsp3) is 0.333. The van der Waals surface area contributed by atoms with Crippen molar-refractivity contribution in [3.05, 3.63) is 33.9 Å². The Hall–Kier alpha value is -2.68. The Morgan fingerprint density at radius 3 is 2.57 bits per heavy atom. The Labute approximate surface area is 119 Å². The molecule has 0 bridgehead atoms. The number of carboxylic acids is 1. The van der Waals surface area contributed by atoms with E-state index >= 15 is 0 Å². The number of carboxylic acid groups (broad SMARTS) is 1. The molecular formula is C12H14N2O7. The zero-order chi connectivity index (χ0) is 16.0. The summed E-state index contributed by atoms with van der Waals surface area (Å²) < 4.78 is 9.52. The molecule has 114 valence electrons. The standard InChI is InChI=1S/C12H14N2O7/c1-20-6-8(12(16)17)13-11(15)7-3-4-9(14(18)19)10(5-7)21-2/h3-5,8H,6H2,1-2H3,(H,13,15)(H,16,17)/t8-/m0/s1. The third-order valence-electron chi connectivity index (χ3n) is 2.58. The van der Waals surface area contributed by atoms with Gasteiger partial charge in [-0.1, -0.05) is 0 Å². The largest absolute Gasteiger partial charge is 0.490 e. The molecule has 9 heteroatoms. The zero-order valence-electron chi connectivity index (χ0n) is 11.4. The fourth-order valence-electron chi connectivity index (χ4n) is 1.55. The number of carbonyl (C=O) groups is 2. The van der Waals surface area contributed by atoms with Crippen LogP contribution in [0.5, 0.6) is 5.75 Å². The minimum absolute atomic E-state index is 0.0415. The van der Waals surface area contributed by atoms with Crippen molar-refractivity contribution in [3.63, 3.8) is 0 Å². The number of nitro groups is 1. The molecular weight excluding hydrogens is 284 g/mol. The van der Waals surface area contributed by atoms with E-state index in [0.29, 0.717) is 0 Å². The first-order chi connectivity index (χ1) is 9.90. The van der Waals surface area contributed by atoms with Crippen LogP contribution in [0.1, 0.15) is 10.4 Å². The second-order valence-corrected chi connectivity index (χ2v) is 3.96. The summed E-state index contributed by atoms with van der Waals surface area (Å²) in [5.41, 5.74) is -0.250.